The first-order chi connectivity index (χ1) is 7.04. The number of aryl methyl sites for hydroxylation is 1. The largest absolute Gasteiger partial charge is 0.372 e. The summed E-state index contributed by atoms with van der Waals surface area (Å²) >= 11 is 0. The van der Waals surface area contributed by atoms with Crippen molar-refractivity contribution in [2.75, 3.05) is 14.2 Å². The Kier molecular flexibility index (Phi) is 3.85. The number of carbonyl (C=O) groups excluding carboxylic acids is 1. The van der Waals surface area contributed by atoms with Gasteiger partial charge < -0.3 is 9.64 Å². The lowest BCUT2D eigenvalue weighted by Crippen LogP contribution is -2.35. The van der Waals surface area contributed by atoms with Gasteiger partial charge in [-0.3, -0.25) is 9.48 Å². The second-order valence-corrected chi connectivity index (χ2v) is 3.59. The van der Waals surface area contributed by atoms with Gasteiger partial charge in [-0.15, -0.1) is 0 Å². The number of amides is 1. The standard InChI is InChI=1S/C10H17N3O2/c1-8(15-4)10(14)12(2)6-9-5-11-13(3)7-9/h5,7-8H,6H2,1-4H3. The van der Waals surface area contributed by atoms with Crippen LogP contribution in [0.15, 0.2) is 12.4 Å². The predicted octanol–water partition coefficient (Wildman–Crippen LogP) is 0.413. The lowest BCUT2D eigenvalue weighted by Gasteiger charge is -2.19. The highest BCUT2D eigenvalue weighted by Gasteiger charge is 2.16. The number of carbonyl (C=O) groups is 1. The van der Waals surface area contributed by atoms with Gasteiger partial charge in [0, 0.05) is 39.5 Å². The van der Waals surface area contributed by atoms with E-state index in [1.54, 1.807) is 29.7 Å². The van der Waals surface area contributed by atoms with Crippen molar-refractivity contribution in [3.63, 3.8) is 0 Å². The maximum atomic E-state index is 11.7. The lowest BCUT2D eigenvalue weighted by atomic mass is 10.3. The van der Waals surface area contributed by atoms with Gasteiger partial charge in [-0.2, -0.15) is 5.10 Å². The first kappa shape index (κ1) is 11.7. The Balaban J connectivity index is 2.55. The fraction of sp³-hybridized carbons (Fsp3) is 0.600. The van der Waals surface area contributed by atoms with Crippen molar-refractivity contribution in [3.05, 3.63) is 18.0 Å². The summed E-state index contributed by atoms with van der Waals surface area (Å²) in [7, 11) is 5.13. The Labute approximate surface area is 89.6 Å². The molecular formula is C10H17N3O2. The third-order valence-corrected chi connectivity index (χ3v) is 2.26. The molecule has 1 unspecified atom stereocenters. The lowest BCUT2D eigenvalue weighted by molar-refractivity contribution is -0.140. The molecule has 0 aliphatic carbocycles. The summed E-state index contributed by atoms with van der Waals surface area (Å²) < 4.78 is 6.68. The molecule has 15 heavy (non-hydrogen) atoms. The molecule has 0 aliphatic rings. The molecular weight excluding hydrogens is 194 g/mol. The van der Waals surface area contributed by atoms with Crippen molar-refractivity contribution in [2.45, 2.75) is 19.6 Å². The van der Waals surface area contributed by atoms with Gasteiger partial charge in [0.15, 0.2) is 0 Å². The molecule has 0 bridgehead atoms. The molecule has 5 heteroatoms. The van der Waals surface area contributed by atoms with Gasteiger partial charge in [0.2, 0.25) is 0 Å². The summed E-state index contributed by atoms with van der Waals surface area (Å²) in [5.74, 6) is -0.0265. The van der Waals surface area contributed by atoms with Crippen LogP contribution in [0.2, 0.25) is 0 Å². The number of hydrogen-bond donors (Lipinski definition) is 0. The summed E-state index contributed by atoms with van der Waals surface area (Å²) in [5, 5.41) is 4.04. The van der Waals surface area contributed by atoms with E-state index in [4.69, 9.17) is 4.74 Å². The molecule has 0 N–H and O–H groups in total. The Morgan fingerprint density at radius 3 is 2.87 bits per heavy atom. The number of rotatable bonds is 4. The van der Waals surface area contributed by atoms with Crippen LogP contribution < -0.4 is 0 Å². The van der Waals surface area contributed by atoms with E-state index in [-0.39, 0.29) is 5.91 Å². The van der Waals surface area contributed by atoms with Crippen LogP contribution in [-0.4, -0.2) is 40.8 Å². The number of likely N-dealkylation sites (N-methyl/N-ethyl adjacent to an activating group) is 1. The molecule has 1 aromatic heterocycles. The highest BCUT2D eigenvalue weighted by molar-refractivity contribution is 5.80. The molecule has 5 nitrogen and oxygen atoms in total. The maximum absolute atomic E-state index is 11.7. The summed E-state index contributed by atoms with van der Waals surface area (Å²) in [6, 6.07) is 0. The van der Waals surface area contributed by atoms with Gasteiger partial charge in [0.25, 0.3) is 5.91 Å². The summed E-state index contributed by atoms with van der Waals surface area (Å²) in [6.45, 7) is 2.29. The number of hydrogen-bond acceptors (Lipinski definition) is 3. The van der Waals surface area contributed by atoms with Crippen LogP contribution >= 0.6 is 0 Å². The van der Waals surface area contributed by atoms with Gasteiger partial charge in [0.1, 0.15) is 6.10 Å². The Hall–Kier alpha value is -1.36. The molecule has 1 aromatic rings. The van der Waals surface area contributed by atoms with E-state index < -0.39 is 6.10 Å². The molecule has 0 aromatic carbocycles. The van der Waals surface area contributed by atoms with E-state index in [1.165, 1.54) is 7.11 Å². The van der Waals surface area contributed by atoms with Gasteiger partial charge in [-0.25, -0.2) is 0 Å². The average molecular weight is 211 g/mol. The van der Waals surface area contributed by atoms with Crippen LogP contribution in [0.4, 0.5) is 0 Å². The third-order valence-electron chi connectivity index (χ3n) is 2.26. The quantitative estimate of drug-likeness (QED) is 0.725. The van der Waals surface area contributed by atoms with Crippen molar-refractivity contribution in [1.82, 2.24) is 14.7 Å². The summed E-state index contributed by atoms with van der Waals surface area (Å²) in [6.07, 6.45) is 3.24. The first-order valence-electron chi connectivity index (χ1n) is 4.80. The monoisotopic (exact) mass is 211 g/mol. The van der Waals surface area contributed by atoms with Gasteiger partial charge in [-0.05, 0) is 6.92 Å². The molecule has 0 fully saturated rings. The van der Waals surface area contributed by atoms with Gasteiger partial charge in [-0.1, -0.05) is 0 Å². The van der Waals surface area contributed by atoms with E-state index in [9.17, 15) is 4.79 Å². The highest BCUT2D eigenvalue weighted by atomic mass is 16.5. The minimum absolute atomic E-state index is 0.0265. The molecule has 1 rings (SSSR count). The van der Waals surface area contributed by atoms with Crippen molar-refractivity contribution in [3.8, 4) is 0 Å². The average Bonchev–Trinajstić information content (AvgIpc) is 2.61. The zero-order chi connectivity index (χ0) is 11.4. The molecule has 0 aliphatic heterocycles. The highest BCUT2D eigenvalue weighted by Crippen LogP contribution is 2.03. The van der Waals surface area contributed by atoms with Gasteiger partial charge in [0.05, 0.1) is 6.20 Å². The maximum Gasteiger partial charge on any atom is 0.251 e. The zero-order valence-corrected chi connectivity index (χ0v) is 9.60. The fourth-order valence-electron chi connectivity index (χ4n) is 1.32. The van der Waals surface area contributed by atoms with Crippen LogP contribution in [0.1, 0.15) is 12.5 Å². The molecule has 0 saturated heterocycles. The van der Waals surface area contributed by atoms with Crippen LogP contribution in [0.25, 0.3) is 0 Å². The van der Waals surface area contributed by atoms with E-state index >= 15 is 0 Å². The van der Waals surface area contributed by atoms with Crippen molar-refractivity contribution in [2.24, 2.45) is 7.05 Å². The number of nitrogens with zero attached hydrogens (tertiary/aromatic N) is 3. The van der Waals surface area contributed by atoms with Crippen molar-refractivity contribution >= 4 is 5.91 Å². The number of aromatic nitrogens is 2. The fourth-order valence-corrected chi connectivity index (χ4v) is 1.32. The Bertz CT molecular complexity index is 335. The SMILES string of the molecule is COC(C)C(=O)N(C)Cc1cnn(C)c1. The second kappa shape index (κ2) is 4.93. The van der Waals surface area contributed by atoms with Gasteiger partial charge >= 0.3 is 0 Å². The molecule has 1 amide bonds. The van der Waals surface area contributed by atoms with E-state index in [0.29, 0.717) is 6.54 Å². The second-order valence-electron chi connectivity index (χ2n) is 3.59. The molecule has 0 saturated carbocycles. The Morgan fingerprint density at radius 1 is 1.73 bits per heavy atom. The number of ether oxygens (including phenoxy) is 1. The van der Waals surface area contributed by atoms with Crippen LogP contribution in [0, 0.1) is 0 Å². The topological polar surface area (TPSA) is 47.4 Å². The van der Waals surface area contributed by atoms with E-state index in [2.05, 4.69) is 5.10 Å². The van der Waals surface area contributed by atoms with Crippen LogP contribution in [0.3, 0.4) is 0 Å². The van der Waals surface area contributed by atoms with Crippen molar-refractivity contribution < 1.29 is 9.53 Å². The normalized spacial score (nSPS) is 12.5. The van der Waals surface area contributed by atoms with Crippen LogP contribution in [-0.2, 0) is 23.1 Å². The van der Waals surface area contributed by atoms with Crippen LogP contribution in [0.5, 0.6) is 0 Å². The molecule has 0 radical (unpaired) electrons. The van der Waals surface area contributed by atoms with E-state index in [0.717, 1.165) is 5.56 Å². The molecule has 1 atom stereocenters. The zero-order valence-electron chi connectivity index (χ0n) is 9.60. The summed E-state index contributed by atoms with van der Waals surface area (Å²) in [5.41, 5.74) is 1.01. The molecule has 1 heterocycles. The number of methoxy groups -OCH3 is 1. The summed E-state index contributed by atoms with van der Waals surface area (Å²) in [4.78, 5) is 13.3. The minimum Gasteiger partial charge on any atom is -0.372 e. The smallest absolute Gasteiger partial charge is 0.251 e. The minimum atomic E-state index is -0.397. The predicted molar refractivity (Wildman–Crippen MR) is 56.2 cm³/mol. The van der Waals surface area contributed by atoms with E-state index in [1.807, 2.05) is 13.2 Å². The van der Waals surface area contributed by atoms with Crippen molar-refractivity contribution in [1.29, 1.82) is 0 Å². The third kappa shape index (κ3) is 3.06. The first-order valence-corrected chi connectivity index (χ1v) is 4.80. The molecule has 84 valence electrons. The molecule has 0 spiro atoms. The Morgan fingerprint density at radius 2 is 2.40 bits per heavy atom.